The van der Waals surface area contributed by atoms with Gasteiger partial charge in [-0.2, -0.15) is 0 Å². The summed E-state index contributed by atoms with van der Waals surface area (Å²) in [5.41, 5.74) is 0. The molecular formula is C12H22N4. The number of imidazole rings is 1. The fourth-order valence-corrected chi connectivity index (χ4v) is 2.42. The zero-order valence-corrected chi connectivity index (χ0v) is 10.3. The minimum Gasteiger partial charge on any atom is -0.338 e. The van der Waals surface area contributed by atoms with Crippen molar-refractivity contribution in [2.75, 3.05) is 24.5 Å². The van der Waals surface area contributed by atoms with E-state index < -0.39 is 0 Å². The number of piperidine rings is 1. The first-order valence-electron chi connectivity index (χ1n) is 6.27. The Labute approximate surface area is 97.7 Å². The van der Waals surface area contributed by atoms with Gasteiger partial charge in [0.2, 0.25) is 5.95 Å². The second kappa shape index (κ2) is 5.34. The maximum absolute atomic E-state index is 4.46. The molecule has 1 aliphatic heterocycles. The summed E-state index contributed by atoms with van der Waals surface area (Å²) >= 11 is 0. The van der Waals surface area contributed by atoms with Gasteiger partial charge in [0.1, 0.15) is 0 Å². The number of aromatic nitrogens is 2. The molecule has 1 fully saturated rings. The summed E-state index contributed by atoms with van der Waals surface area (Å²) in [5.74, 6) is 1.11. The van der Waals surface area contributed by atoms with Gasteiger partial charge < -0.3 is 14.8 Å². The minimum absolute atomic E-state index is 0.606. The highest BCUT2D eigenvalue weighted by molar-refractivity contribution is 5.33. The number of anilines is 1. The monoisotopic (exact) mass is 222 g/mol. The fraction of sp³-hybridized carbons (Fsp3) is 0.750. The molecule has 1 unspecified atom stereocenters. The number of nitrogens with zero attached hydrogens (tertiary/aromatic N) is 3. The maximum atomic E-state index is 4.46. The molecule has 2 rings (SSSR count). The lowest BCUT2D eigenvalue weighted by atomic mass is 10.0. The molecule has 0 spiro atoms. The molecule has 1 aromatic rings. The van der Waals surface area contributed by atoms with Crippen molar-refractivity contribution in [2.24, 2.45) is 7.05 Å². The Morgan fingerprint density at radius 1 is 1.50 bits per heavy atom. The second-order valence-electron chi connectivity index (χ2n) is 4.49. The molecule has 0 amide bonds. The van der Waals surface area contributed by atoms with Crippen LogP contribution in [0.2, 0.25) is 0 Å². The van der Waals surface area contributed by atoms with E-state index >= 15 is 0 Å². The molecule has 1 aromatic heterocycles. The van der Waals surface area contributed by atoms with E-state index in [1.807, 2.05) is 12.4 Å². The second-order valence-corrected chi connectivity index (χ2v) is 4.49. The molecule has 0 aromatic carbocycles. The summed E-state index contributed by atoms with van der Waals surface area (Å²) in [5, 5.41) is 3.45. The molecule has 90 valence electrons. The number of hydrogen-bond donors (Lipinski definition) is 1. The third-order valence-corrected chi connectivity index (χ3v) is 3.31. The number of likely N-dealkylation sites (N-methyl/N-ethyl adjacent to an activating group) is 1. The number of rotatable bonds is 4. The van der Waals surface area contributed by atoms with Gasteiger partial charge in [0.15, 0.2) is 0 Å². The van der Waals surface area contributed by atoms with Crippen LogP contribution in [0.1, 0.15) is 26.2 Å². The predicted octanol–water partition coefficient (Wildman–Crippen LogP) is 1.39. The Bertz CT molecular complexity index is 321. The number of nitrogens with one attached hydrogen (secondary N) is 1. The molecule has 1 saturated heterocycles. The quantitative estimate of drug-likeness (QED) is 0.835. The highest BCUT2D eigenvalue weighted by atomic mass is 15.3. The van der Waals surface area contributed by atoms with E-state index in [1.54, 1.807) is 0 Å². The van der Waals surface area contributed by atoms with Crippen LogP contribution in [0.5, 0.6) is 0 Å². The van der Waals surface area contributed by atoms with E-state index in [4.69, 9.17) is 0 Å². The zero-order valence-electron chi connectivity index (χ0n) is 10.3. The van der Waals surface area contributed by atoms with E-state index in [1.165, 1.54) is 19.3 Å². The zero-order chi connectivity index (χ0) is 11.4. The lowest BCUT2D eigenvalue weighted by Gasteiger charge is -2.36. The molecule has 1 atom stereocenters. The van der Waals surface area contributed by atoms with Crippen LogP contribution in [-0.2, 0) is 7.05 Å². The average Bonchev–Trinajstić information content (AvgIpc) is 2.73. The van der Waals surface area contributed by atoms with Gasteiger partial charge in [0.05, 0.1) is 0 Å². The van der Waals surface area contributed by atoms with Crippen molar-refractivity contribution in [3.8, 4) is 0 Å². The molecule has 16 heavy (non-hydrogen) atoms. The molecule has 4 nitrogen and oxygen atoms in total. The first-order chi connectivity index (χ1) is 7.83. The van der Waals surface area contributed by atoms with Crippen molar-refractivity contribution in [1.29, 1.82) is 0 Å². The van der Waals surface area contributed by atoms with Gasteiger partial charge in [0.25, 0.3) is 0 Å². The molecule has 0 bridgehead atoms. The van der Waals surface area contributed by atoms with E-state index in [9.17, 15) is 0 Å². The van der Waals surface area contributed by atoms with Crippen LogP contribution in [0.25, 0.3) is 0 Å². The van der Waals surface area contributed by atoms with Gasteiger partial charge in [-0.3, -0.25) is 0 Å². The van der Waals surface area contributed by atoms with E-state index in [0.717, 1.165) is 25.6 Å². The highest BCUT2D eigenvalue weighted by Crippen LogP contribution is 2.22. The van der Waals surface area contributed by atoms with Gasteiger partial charge in [0, 0.05) is 38.6 Å². The van der Waals surface area contributed by atoms with Crippen molar-refractivity contribution in [3.05, 3.63) is 12.4 Å². The van der Waals surface area contributed by atoms with Crippen molar-refractivity contribution in [1.82, 2.24) is 14.9 Å². The Balaban J connectivity index is 2.07. The molecule has 1 N–H and O–H groups in total. The molecule has 4 heteroatoms. The van der Waals surface area contributed by atoms with Crippen molar-refractivity contribution < 1.29 is 0 Å². The molecular weight excluding hydrogens is 200 g/mol. The number of hydrogen-bond acceptors (Lipinski definition) is 3. The molecule has 0 radical (unpaired) electrons. The summed E-state index contributed by atoms with van der Waals surface area (Å²) < 4.78 is 2.12. The Kier molecular flexibility index (Phi) is 3.83. The van der Waals surface area contributed by atoms with E-state index in [-0.39, 0.29) is 0 Å². The van der Waals surface area contributed by atoms with Gasteiger partial charge >= 0.3 is 0 Å². The fourth-order valence-electron chi connectivity index (χ4n) is 2.42. The van der Waals surface area contributed by atoms with Gasteiger partial charge in [-0.05, 0) is 25.8 Å². The Morgan fingerprint density at radius 3 is 3.06 bits per heavy atom. The summed E-state index contributed by atoms with van der Waals surface area (Å²) in [6, 6.07) is 0.606. The van der Waals surface area contributed by atoms with Crippen molar-refractivity contribution >= 4 is 5.95 Å². The van der Waals surface area contributed by atoms with Crippen molar-refractivity contribution in [2.45, 2.75) is 32.2 Å². The summed E-state index contributed by atoms with van der Waals surface area (Å²) in [4.78, 5) is 6.91. The van der Waals surface area contributed by atoms with Crippen LogP contribution in [0.4, 0.5) is 5.95 Å². The summed E-state index contributed by atoms with van der Waals surface area (Å²) in [7, 11) is 2.07. The smallest absolute Gasteiger partial charge is 0.205 e. The van der Waals surface area contributed by atoms with Gasteiger partial charge in [-0.15, -0.1) is 0 Å². The summed E-state index contributed by atoms with van der Waals surface area (Å²) in [6.45, 7) is 5.42. The standard InChI is InChI=1S/C12H22N4/c1-3-13-10-11-6-4-5-8-16(11)12-14-7-9-15(12)2/h7,9,11,13H,3-6,8,10H2,1-2H3. The van der Waals surface area contributed by atoms with Crippen molar-refractivity contribution in [3.63, 3.8) is 0 Å². The minimum atomic E-state index is 0.606. The van der Waals surface area contributed by atoms with Crippen LogP contribution in [0.15, 0.2) is 12.4 Å². The molecule has 0 saturated carbocycles. The van der Waals surface area contributed by atoms with Crippen LogP contribution >= 0.6 is 0 Å². The normalized spacial score (nSPS) is 21.4. The predicted molar refractivity (Wildman–Crippen MR) is 66.7 cm³/mol. The van der Waals surface area contributed by atoms with Crippen LogP contribution in [0.3, 0.4) is 0 Å². The van der Waals surface area contributed by atoms with E-state index in [2.05, 4.69) is 33.7 Å². The number of aryl methyl sites for hydroxylation is 1. The lowest BCUT2D eigenvalue weighted by Crippen LogP contribution is -2.46. The van der Waals surface area contributed by atoms with Gasteiger partial charge in [-0.25, -0.2) is 4.98 Å². The summed E-state index contributed by atoms with van der Waals surface area (Å²) in [6.07, 6.45) is 7.81. The maximum Gasteiger partial charge on any atom is 0.205 e. The van der Waals surface area contributed by atoms with Crippen LogP contribution in [-0.4, -0.2) is 35.2 Å². The lowest BCUT2D eigenvalue weighted by molar-refractivity contribution is 0.430. The third kappa shape index (κ3) is 2.38. The molecule has 0 aliphatic carbocycles. The first kappa shape index (κ1) is 11.5. The topological polar surface area (TPSA) is 33.1 Å². The first-order valence-corrected chi connectivity index (χ1v) is 6.27. The highest BCUT2D eigenvalue weighted by Gasteiger charge is 2.24. The van der Waals surface area contributed by atoms with E-state index in [0.29, 0.717) is 6.04 Å². The Morgan fingerprint density at radius 2 is 2.38 bits per heavy atom. The van der Waals surface area contributed by atoms with Crippen LogP contribution < -0.4 is 10.2 Å². The molecule has 2 heterocycles. The third-order valence-electron chi connectivity index (χ3n) is 3.31. The average molecular weight is 222 g/mol. The van der Waals surface area contributed by atoms with Crippen LogP contribution in [0, 0.1) is 0 Å². The molecule has 1 aliphatic rings. The van der Waals surface area contributed by atoms with Gasteiger partial charge in [-0.1, -0.05) is 6.92 Å². The Hall–Kier alpha value is -1.03. The SMILES string of the molecule is CCNCC1CCCCN1c1nccn1C. The largest absolute Gasteiger partial charge is 0.338 e.